The summed E-state index contributed by atoms with van der Waals surface area (Å²) < 4.78 is 0. The van der Waals surface area contributed by atoms with Gasteiger partial charge in [-0.05, 0) is 32.0 Å². The first-order valence-corrected chi connectivity index (χ1v) is 5.82. The SMILES string of the molecule is C=C(C)CN(CC)C(=O)c1ccc(Cl)c(N)c1. The van der Waals surface area contributed by atoms with Crippen molar-refractivity contribution in [2.24, 2.45) is 0 Å². The monoisotopic (exact) mass is 252 g/mol. The quantitative estimate of drug-likeness (QED) is 0.662. The standard InChI is InChI=1S/C13H17ClN2O/c1-4-16(8-9(2)3)13(17)10-5-6-11(14)12(15)7-10/h5-7H,2,4,8,15H2,1,3H3. The van der Waals surface area contributed by atoms with E-state index >= 15 is 0 Å². The van der Waals surface area contributed by atoms with Crippen LogP contribution in [0.3, 0.4) is 0 Å². The van der Waals surface area contributed by atoms with E-state index in [1.807, 2.05) is 13.8 Å². The maximum Gasteiger partial charge on any atom is 0.254 e. The minimum Gasteiger partial charge on any atom is -0.398 e. The first-order chi connectivity index (χ1) is 7.95. The van der Waals surface area contributed by atoms with Gasteiger partial charge in [-0.2, -0.15) is 0 Å². The Labute approximate surface area is 107 Å². The molecular weight excluding hydrogens is 236 g/mol. The Kier molecular flexibility index (Phi) is 4.58. The van der Waals surface area contributed by atoms with Crippen LogP contribution in [0.2, 0.25) is 5.02 Å². The number of nitrogen functional groups attached to an aromatic ring is 1. The van der Waals surface area contributed by atoms with E-state index in [2.05, 4.69) is 6.58 Å². The second-order valence-corrected chi connectivity index (χ2v) is 4.42. The number of nitrogens with two attached hydrogens (primary N) is 1. The lowest BCUT2D eigenvalue weighted by molar-refractivity contribution is 0.0778. The van der Waals surface area contributed by atoms with Gasteiger partial charge in [0.1, 0.15) is 0 Å². The van der Waals surface area contributed by atoms with Crippen LogP contribution in [0.15, 0.2) is 30.4 Å². The molecule has 0 aromatic heterocycles. The van der Waals surface area contributed by atoms with Gasteiger partial charge in [0.15, 0.2) is 0 Å². The van der Waals surface area contributed by atoms with Crippen LogP contribution >= 0.6 is 11.6 Å². The van der Waals surface area contributed by atoms with Crippen LogP contribution in [-0.2, 0) is 0 Å². The topological polar surface area (TPSA) is 46.3 Å². The number of likely N-dealkylation sites (N-methyl/N-ethyl adjacent to an activating group) is 1. The van der Waals surface area contributed by atoms with Gasteiger partial charge in [-0.15, -0.1) is 0 Å². The number of carbonyl (C=O) groups excluding carboxylic acids is 1. The minimum absolute atomic E-state index is 0.0566. The third kappa shape index (κ3) is 3.49. The van der Waals surface area contributed by atoms with Crippen LogP contribution in [0.5, 0.6) is 0 Å². The van der Waals surface area contributed by atoms with Crippen molar-refractivity contribution in [2.45, 2.75) is 13.8 Å². The number of benzene rings is 1. The molecule has 0 radical (unpaired) electrons. The van der Waals surface area contributed by atoms with Gasteiger partial charge < -0.3 is 10.6 Å². The fourth-order valence-corrected chi connectivity index (χ4v) is 1.63. The van der Waals surface area contributed by atoms with E-state index in [-0.39, 0.29) is 5.91 Å². The molecule has 1 amide bonds. The van der Waals surface area contributed by atoms with E-state index in [0.717, 1.165) is 5.57 Å². The van der Waals surface area contributed by atoms with Gasteiger partial charge in [0.2, 0.25) is 0 Å². The smallest absolute Gasteiger partial charge is 0.254 e. The Bertz CT molecular complexity index is 443. The van der Waals surface area contributed by atoms with Crippen LogP contribution in [0.25, 0.3) is 0 Å². The van der Waals surface area contributed by atoms with Crippen LogP contribution in [0.4, 0.5) is 5.69 Å². The van der Waals surface area contributed by atoms with Gasteiger partial charge >= 0.3 is 0 Å². The maximum atomic E-state index is 12.2. The molecule has 3 nitrogen and oxygen atoms in total. The van der Waals surface area contributed by atoms with E-state index in [9.17, 15) is 4.79 Å². The molecule has 0 saturated heterocycles. The predicted octanol–water partition coefficient (Wildman–Crippen LogP) is 2.96. The summed E-state index contributed by atoms with van der Waals surface area (Å²) in [7, 11) is 0. The number of halogens is 1. The number of carbonyl (C=O) groups is 1. The van der Waals surface area contributed by atoms with E-state index < -0.39 is 0 Å². The Morgan fingerprint density at radius 2 is 2.18 bits per heavy atom. The molecule has 1 aromatic rings. The molecule has 0 aliphatic rings. The van der Waals surface area contributed by atoms with Crippen molar-refractivity contribution in [2.75, 3.05) is 18.8 Å². The van der Waals surface area contributed by atoms with Gasteiger partial charge in [-0.25, -0.2) is 0 Å². The molecule has 0 unspecified atom stereocenters. The number of amides is 1. The molecule has 92 valence electrons. The predicted molar refractivity (Wildman–Crippen MR) is 72.3 cm³/mol. The zero-order valence-electron chi connectivity index (χ0n) is 10.2. The second kappa shape index (κ2) is 5.73. The van der Waals surface area contributed by atoms with Gasteiger partial charge in [0.25, 0.3) is 5.91 Å². The van der Waals surface area contributed by atoms with Crippen LogP contribution < -0.4 is 5.73 Å². The average Bonchev–Trinajstić information content (AvgIpc) is 2.28. The molecular formula is C13H17ClN2O. The molecule has 1 rings (SSSR count). The number of hydrogen-bond donors (Lipinski definition) is 1. The van der Waals surface area contributed by atoms with E-state index in [0.29, 0.717) is 29.4 Å². The highest BCUT2D eigenvalue weighted by Gasteiger charge is 2.14. The molecule has 17 heavy (non-hydrogen) atoms. The fourth-order valence-electron chi connectivity index (χ4n) is 1.51. The summed E-state index contributed by atoms with van der Waals surface area (Å²) in [4.78, 5) is 13.9. The minimum atomic E-state index is -0.0566. The Morgan fingerprint density at radius 1 is 1.53 bits per heavy atom. The Balaban J connectivity index is 2.93. The lowest BCUT2D eigenvalue weighted by atomic mass is 10.1. The highest BCUT2D eigenvalue weighted by atomic mass is 35.5. The molecule has 2 N–H and O–H groups in total. The van der Waals surface area contributed by atoms with Gasteiger partial charge in [-0.1, -0.05) is 23.8 Å². The highest BCUT2D eigenvalue weighted by molar-refractivity contribution is 6.33. The van der Waals surface area contributed by atoms with Crippen LogP contribution in [0, 0.1) is 0 Å². The summed E-state index contributed by atoms with van der Waals surface area (Å²) in [6.45, 7) is 8.82. The molecule has 4 heteroatoms. The zero-order chi connectivity index (χ0) is 13.0. The highest BCUT2D eigenvalue weighted by Crippen LogP contribution is 2.20. The largest absolute Gasteiger partial charge is 0.398 e. The lowest BCUT2D eigenvalue weighted by Gasteiger charge is -2.21. The van der Waals surface area contributed by atoms with Gasteiger partial charge in [0, 0.05) is 18.7 Å². The summed E-state index contributed by atoms with van der Waals surface area (Å²) >= 11 is 5.82. The first-order valence-electron chi connectivity index (χ1n) is 5.44. The van der Waals surface area contributed by atoms with Crippen molar-refractivity contribution < 1.29 is 4.79 Å². The second-order valence-electron chi connectivity index (χ2n) is 4.01. The summed E-state index contributed by atoms with van der Waals surface area (Å²) in [6.07, 6.45) is 0. The summed E-state index contributed by atoms with van der Waals surface area (Å²) in [5.74, 6) is -0.0566. The van der Waals surface area contributed by atoms with Gasteiger partial charge in [0.05, 0.1) is 10.7 Å². The van der Waals surface area contributed by atoms with Crippen molar-refractivity contribution in [1.29, 1.82) is 0 Å². The summed E-state index contributed by atoms with van der Waals surface area (Å²) in [5, 5.41) is 0.462. The lowest BCUT2D eigenvalue weighted by Crippen LogP contribution is -2.32. The molecule has 0 aliphatic carbocycles. The van der Waals surface area contributed by atoms with E-state index in [1.165, 1.54) is 0 Å². The van der Waals surface area contributed by atoms with Crippen molar-refractivity contribution >= 4 is 23.2 Å². The molecule has 0 aliphatic heterocycles. The molecule has 1 aromatic carbocycles. The molecule has 0 atom stereocenters. The Hall–Kier alpha value is -1.48. The number of anilines is 1. The third-order valence-electron chi connectivity index (χ3n) is 2.37. The number of rotatable bonds is 4. The zero-order valence-corrected chi connectivity index (χ0v) is 10.9. The average molecular weight is 253 g/mol. The van der Waals surface area contributed by atoms with Gasteiger partial charge in [-0.3, -0.25) is 4.79 Å². The summed E-state index contributed by atoms with van der Waals surface area (Å²) in [5.41, 5.74) is 7.60. The normalized spacial score (nSPS) is 10.1. The van der Waals surface area contributed by atoms with E-state index in [1.54, 1.807) is 23.1 Å². The molecule has 0 bridgehead atoms. The Morgan fingerprint density at radius 3 is 2.65 bits per heavy atom. The summed E-state index contributed by atoms with van der Waals surface area (Å²) in [6, 6.07) is 4.92. The van der Waals surface area contributed by atoms with Crippen molar-refractivity contribution in [1.82, 2.24) is 4.90 Å². The molecule has 0 heterocycles. The molecule has 0 saturated carbocycles. The molecule has 0 spiro atoms. The number of hydrogen-bond acceptors (Lipinski definition) is 2. The first kappa shape index (κ1) is 13.6. The van der Waals surface area contributed by atoms with Crippen LogP contribution in [0.1, 0.15) is 24.2 Å². The van der Waals surface area contributed by atoms with Crippen molar-refractivity contribution in [3.63, 3.8) is 0 Å². The fraction of sp³-hybridized carbons (Fsp3) is 0.308. The van der Waals surface area contributed by atoms with Crippen molar-refractivity contribution in [3.05, 3.63) is 40.9 Å². The van der Waals surface area contributed by atoms with E-state index in [4.69, 9.17) is 17.3 Å². The molecule has 0 fully saturated rings. The maximum absolute atomic E-state index is 12.2. The van der Waals surface area contributed by atoms with Crippen LogP contribution in [-0.4, -0.2) is 23.9 Å². The van der Waals surface area contributed by atoms with Crippen molar-refractivity contribution in [3.8, 4) is 0 Å². The third-order valence-corrected chi connectivity index (χ3v) is 2.72. The number of nitrogens with zero attached hydrogens (tertiary/aromatic N) is 1.